The monoisotopic (exact) mass is 280 g/mol. The Morgan fingerprint density at radius 1 is 1.15 bits per heavy atom. The lowest BCUT2D eigenvalue weighted by Crippen LogP contribution is -2.51. The first-order valence-corrected chi connectivity index (χ1v) is 8.51. The molecule has 2 saturated heterocycles. The summed E-state index contributed by atoms with van der Waals surface area (Å²) in [5, 5.41) is 3.71. The number of hydrogen-bond donors (Lipinski definition) is 1. The quantitative estimate of drug-likeness (QED) is 0.857. The zero-order chi connectivity index (χ0) is 14.5. The van der Waals surface area contributed by atoms with E-state index in [2.05, 4.69) is 44.8 Å². The third kappa shape index (κ3) is 2.42. The molecule has 3 aliphatic rings. The van der Waals surface area contributed by atoms with Crippen LogP contribution in [0.3, 0.4) is 0 Å². The number of rotatable bonds is 4. The van der Waals surface area contributed by atoms with E-state index < -0.39 is 0 Å². The summed E-state index contributed by atoms with van der Waals surface area (Å²) in [5.41, 5.74) is -0.0961. The number of nitrogens with one attached hydrogen (secondary N) is 1. The summed E-state index contributed by atoms with van der Waals surface area (Å²) >= 11 is 0. The fraction of sp³-hybridized carbons (Fsp3) is 1.00. The summed E-state index contributed by atoms with van der Waals surface area (Å²) in [7, 11) is 0. The molecule has 2 heterocycles. The molecule has 4 atom stereocenters. The Hall–Kier alpha value is -0.120. The molecule has 1 saturated carbocycles. The van der Waals surface area contributed by atoms with Crippen LogP contribution in [0.4, 0.5) is 0 Å². The molecule has 3 rings (SSSR count). The maximum Gasteiger partial charge on any atom is 0.0790 e. The molecule has 20 heavy (non-hydrogen) atoms. The van der Waals surface area contributed by atoms with Crippen molar-refractivity contribution in [3.8, 4) is 0 Å². The smallest absolute Gasteiger partial charge is 0.0790 e. The van der Waals surface area contributed by atoms with Gasteiger partial charge in [0.05, 0.1) is 11.2 Å². The van der Waals surface area contributed by atoms with Crippen molar-refractivity contribution in [3.05, 3.63) is 0 Å². The predicted molar refractivity (Wildman–Crippen MR) is 82.9 cm³/mol. The van der Waals surface area contributed by atoms with Gasteiger partial charge in [-0.1, -0.05) is 6.92 Å². The summed E-state index contributed by atoms with van der Waals surface area (Å²) < 4.78 is 6.42. The summed E-state index contributed by atoms with van der Waals surface area (Å²) in [6.45, 7) is 14.8. The average Bonchev–Trinajstić information content (AvgIpc) is 2.97. The highest BCUT2D eigenvalue weighted by molar-refractivity contribution is 5.07. The molecule has 2 bridgehead atoms. The molecule has 0 aromatic carbocycles. The number of nitrogens with zero attached hydrogens (tertiary/aromatic N) is 1. The molecule has 0 spiro atoms. The van der Waals surface area contributed by atoms with Crippen LogP contribution in [-0.2, 0) is 4.74 Å². The standard InChI is InChI=1S/C17H32N2O/c1-6-18-15-14(16(2,3)20-17(15,4)5)11-19-10-12-7-8-13(19)9-12/h12-15,18H,6-11H2,1-5H3. The van der Waals surface area contributed by atoms with Crippen molar-refractivity contribution < 1.29 is 4.74 Å². The van der Waals surface area contributed by atoms with Crippen molar-refractivity contribution >= 4 is 0 Å². The molecular weight excluding hydrogens is 248 g/mol. The van der Waals surface area contributed by atoms with E-state index in [4.69, 9.17) is 4.74 Å². The number of likely N-dealkylation sites (tertiary alicyclic amines) is 1. The first-order chi connectivity index (χ1) is 9.33. The highest BCUT2D eigenvalue weighted by Gasteiger charge is 2.54. The van der Waals surface area contributed by atoms with Gasteiger partial charge >= 0.3 is 0 Å². The molecule has 0 radical (unpaired) electrons. The van der Waals surface area contributed by atoms with Crippen LogP contribution >= 0.6 is 0 Å². The Bertz CT molecular complexity index is 366. The molecular formula is C17H32N2O. The highest BCUT2D eigenvalue weighted by Crippen LogP contribution is 2.45. The SMILES string of the molecule is CCNC1C(CN2CC3CCC2C3)C(C)(C)OC1(C)C. The second-order valence-corrected chi connectivity index (χ2v) is 8.24. The van der Waals surface area contributed by atoms with Crippen molar-refractivity contribution in [2.75, 3.05) is 19.6 Å². The molecule has 1 N–H and O–H groups in total. The van der Waals surface area contributed by atoms with Crippen LogP contribution in [0, 0.1) is 11.8 Å². The molecule has 0 aromatic rings. The lowest BCUT2D eigenvalue weighted by atomic mass is 9.81. The van der Waals surface area contributed by atoms with Crippen LogP contribution in [0.25, 0.3) is 0 Å². The highest BCUT2D eigenvalue weighted by atomic mass is 16.5. The van der Waals surface area contributed by atoms with E-state index in [1.54, 1.807) is 0 Å². The summed E-state index contributed by atoms with van der Waals surface area (Å²) in [5.74, 6) is 1.56. The minimum absolute atomic E-state index is 0.0296. The number of piperidine rings is 1. The van der Waals surface area contributed by atoms with E-state index in [1.807, 2.05) is 0 Å². The van der Waals surface area contributed by atoms with Gasteiger partial charge in [0.1, 0.15) is 0 Å². The second kappa shape index (κ2) is 4.96. The fourth-order valence-corrected chi connectivity index (χ4v) is 5.14. The Balaban J connectivity index is 1.75. The van der Waals surface area contributed by atoms with E-state index in [0.29, 0.717) is 12.0 Å². The number of fused-ring (bicyclic) bond motifs is 2. The number of hydrogen-bond acceptors (Lipinski definition) is 3. The van der Waals surface area contributed by atoms with Crippen LogP contribution < -0.4 is 5.32 Å². The minimum atomic E-state index is -0.0666. The largest absolute Gasteiger partial charge is 0.368 e. The molecule has 2 aliphatic heterocycles. The van der Waals surface area contributed by atoms with Crippen molar-refractivity contribution in [3.63, 3.8) is 0 Å². The minimum Gasteiger partial charge on any atom is -0.368 e. The molecule has 0 aromatic heterocycles. The molecule has 3 fully saturated rings. The first kappa shape index (κ1) is 14.8. The topological polar surface area (TPSA) is 24.5 Å². The van der Waals surface area contributed by atoms with Gasteiger partial charge in [-0.3, -0.25) is 4.90 Å². The zero-order valence-corrected chi connectivity index (χ0v) is 13.9. The van der Waals surface area contributed by atoms with Crippen molar-refractivity contribution in [2.45, 2.75) is 77.2 Å². The Morgan fingerprint density at radius 3 is 2.45 bits per heavy atom. The Kier molecular flexibility index (Phi) is 3.67. The van der Waals surface area contributed by atoms with Crippen LogP contribution in [0.5, 0.6) is 0 Å². The second-order valence-electron chi connectivity index (χ2n) is 8.24. The van der Waals surface area contributed by atoms with Crippen molar-refractivity contribution in [1.29, 1.82) is 0 Å². The van der Waals surface area contributed by atoms with E-state index in [0.717, 1.165) is 18.5 Å². The van der Waals surface area contributed by atoms with E-state index >= 15 is 0 Å². The summed E-state index contributed by atoms with van der Waals surface area (Å²) in [6, 6.07) is 1.32. The van der Waals surface area contributed by atoms with Crippen LogP contribution in [0.1, 0.15) is 53.9 Å². The van der Waals surface area contributed by atoms with Gasteiger partial charge in [-0.15, -0.1) is 0 Å². The van der Waals surface area contributed by atoms with Gasteiger partial charge in [-0.05, 0) is 59.4 Å². The molecule has 0 amide bonds. The van der Waals surface area contributed by atoms with Gasteiger partial charge in [-0.2, -0.15) is 0 Å². The average molecular weight is 280 g/mol. The molecule has 3 nitrogen and oxygen atoms in total. The van der Waals surface area contributed by atoms with Crippen molar-refractivity contribution in [2.24, 2.45) is 11.8 Å². The maximum atomic E-state index is 6.42. The summed E-state index contributed by atoms with van der Waals surface area (Å²) in [6.07, 6.45) is 4.34. The van der Waals surface area contributed by atoms with Gasteiger partial charge < -0.3 is 10.1 Å². The third-order valence-corrected chi connectivity index (χ3v) is 5.95. The van der Waals surface area contributed by atoms with E-state index in [-0.39, 0.29) is 11.2 Å². The van der Waals surface area contributed by atoms with E-state index in [9.17, 15) is 0 Å². The number of ether oxygens (including phenoxy) is 1. The Labute approximate surface area is 124 Å². The van der Waals surface area contributed by atoms with Crippen LogP contribution in [0.2, 0.25) is 0 Å². The molecule has 3 heteroatoms. The van der Waals surface area contributed by atoms with Gasteiger partial charge in [0, 0.05) is 31.1 Å². The first-order valence-electron chi connectivity index (χ1n) is 8.51. The zero-order valence-electron chi connectivity index (χ0n) is 13.9. The maximum absolute atomic E-state index is 6.42. The van der Waals surface area contributed by atoms with E-state index in [1.165, 1.54) is 32.4 Å². The Morgan fingerprint density at radius 2 is 1.90 bits per heavy atom. The van der Waals surface area contributed by atoms with Crippen LogP contribution in [0.15, 0.2) is 0 Å². The van der Waals surface area contributed by atoms with Gasteiger partial charge in [-0.25, -0.2) is 0 Å². The van der Waals surface area contributed by atoms with Gasteiger partial charge in [0.2, 0.25) is 0 Å². The van der Waals surface area contributed by atoms with Crippen molar-refractivity contribution in [1.82, 2.24) is 10.2 Å². The molecule has 116 valence electrons. The van der Waals surface area contributed by atoms with Crippen LogP contribution in [-0.4, -0.2) is 47.8 Å². The lowest BCUT2D eigenvalue weighted by Gasteiger charge is -2.36. The third-order valence-electron chi connectivity index (χ3n) is 5.95. The molecule has 1 aliphatic carbocycles. The van der Waals surface area contributed by atoms with Gasteiger partial charge in [0.25, 0.3) is 0 Å². The fourth-order valence-electron chi connectivity index (χ4n) is 5.14. The predicted octanol–water partition coefficient (Wildman–Crippen LogP) is 2.65. The van der Waals surface area contributed by atoms with Gasteiger partial charge in [0.15, 0.2) is 0 Å². The lowest BCUT2D eigenvalue weighted by molar-refractivity contribution is -0.0800. The normalized spacial score (nSPS) is 42.5. The number of likely N-dealkylation sites (N-methyl/N-ethyl adjacent to an activating group) is 1. The molecule has 4 unspecified atom stereocenters. The summed E-state index contributed by atoms with van der Waals surface area (Å²) in [4.78, 5) is 2.76.